The molecule has 0 radical (unpaired) electrons. The van der Waals surface area contributed by atoms with Crippen LogP contribution in [0.25, 0.3) is 16.7 Å². The number of nitriles is 1. The molecule has 5 heteroatoms. The summed E-state index contributed by atoms with van der Waals surface area (Å²) < 4.78 is 2.85. The van der Waals surface area contributed by atoms with Crippen molar-refractivity contribution in [3.05, 3.63) is 52.0 Å². The summed E-state index contributed by atoms with van der Waals surface area (Å²) in [4.78, 5) is 4.33. The molecule has 2 N–H and O–H groups in total. The van der Waals surface area contributed by atoms with Gasteiger partial charge in [0.15, 0.2) is 0 Å². The van der Waals surface area contributed by atoms with E-state index in [1.807, 2.05) is 35.8 Å². The van der Waals surface area contributed by atoms with Crippen LogP contribution in [0.15, 0.2) is 40.9 Å². The number of aromatic nitrogens is 2. The van der Waals surface area contributed by atoms with Gasteiger partial charge in [-0.05, 0) is 42.8 Å². The van der Waals surface area contributed by atoms with E-state index in [4.69, 9.17) is 11.0 Å². The van der Waals surface area contributed by atoms with Crippen molar-refractivity contribution in [1.82, 2.24) is 9.55 Å². The standard InChI is InChI=1S/C15H11BrN4/c1-9-2-4-11(7-12(9)16)20-14-6-10(8-17)3-5-13(14)19-15(20)18/h2-7H,1H3,(H2,18,19). The van der Waals surface area contributed by atoms with E-state index in [1.54, 1.807) is 12.1 Å². The molecule has 0 saturated heterocycles. The van der Waals surface area contributed by atoms with Crippen LogP contribution in [0.4, 0.5) is 5.95 Å². The maximum Gasteiger partial charge on any atom is 0.205 e. The van der Waals surface area contributed by atoms with Crippen molar-refractivity contribution in [2.24, 2.45) is 0 Å². The minimum Gasteiger partial charge on any atom is -0.369 e. The van der Waals surface area contributed by atoms with Gasteiger partial charge in [0.2, 0.25) is 5.95 Å². The zero-order chi connectivity index (χ0) is 14.3. The monoisotopic (exact) mass is 326 g/mol. The number of anilines is 1. The minimum atomic E-state index is 0.408. The van der Waals surface area contributed by atoms with Gasteiger partial charge in [-0.15, -0.1) is 0 Å². The summed E-state index contributed by atoms with van der Waals surface area (Å²) in [5.41, 5.74) is 10.3. The number of nitrogens with zero attached hydrogens (tertiary/aromatic N) is 3. The third kappa shape index (κ3) is 1.95. The Morgan fingerprint density at radius 3 is 2.75 bits per heavy atom. The van der Waals surface area contributed by atoms with Crippen LogP contribution in [0, 0.1) is 18.3 Å². The van der Waals surface area contributed by atoms with Gasteiger partial charge in [0.05, 0.1) is 28.4 Å². The van der Waals surface area contributed by atoms with Crippen molar-refractivity contribution < 1.29 is 0 Å². The number of rotatable bonds is 1. The minimum absolute atomic E-state index is 0.408. The Hall–Kier alpha value is -2.32. The molecule has 0 atom stereocenters. The van der Waals surface area contributed by atoms with Crippen molar-refractivity contribution in [1.29, 1.82) is 5.26 Å². The van der Waals surface area contributed by atoms with Gasteiger partial charge in [0, 0.05) is 4.47 Å². The number of fused-ring (bicyclic) bond motifs is 1. The number of aryl methyl sites for hydroxylation is 1. The quantitative estimate of drug-likeness (QED) is 0.743. The van der Waals surface area contributed by atoms with Crippen molar-refractivity contribution in [2.75, 3.05) is 5.73 Å². The summed E-state index contributed by atoms with van der Waals surface area (Å²) in [6, 6.07) is 13.5. The predicted molar refractivity (Wildman–Crippen MR) is 82.6 cm³/mol. The van der Waals surface area contributed by atoms with Crippen molar-refractivity contribution >= 4 is 32.9 Å². The van der Waals surface area contributed by atoms with E-state index in [1.165, 1.54) is 0 Å². The second-order valence-electron chi connectivity index (χ2n) is 4.55. The molecule has 0 aliphatic rings. The van der Waals surface area contributed by atoms with Gasteiger partial charge in [0.25, 0.3) is 0 Å². The smallest absolute Gasteiger partial charge is 0.205 e. The molecule has 0 spiro atoms. The number of nitrogen functional groups attached to an aromatic ring is 1. The molecule has 0 bridgehead atoms. The first kappa shape index (κ1) is 12.7. The third-order valence-electron chi connectivity index (χ3n) is 3.22. The van der Waals surface area contributed by atoms with Crippen LogP contribution in [0.3, 0.4) is 0 Å². The highest BCUT2D eigenvalue weighted by Crippen LogP contribution is 2.27. The molecular formula is C15H11BrN4. The van der Waals surface area contributed by atoms with Gasteiger partial charge < -0.3 is 5.73 Å². The lowest BCUT2D eigenvalue weighted by atomic mass is 10.2. The van der Waals surface area contributed by atoms with E-state index in [2.05, 4.69) is 27.0 Å². The largest absolute Gasteiger partial charge is 0.369 e. The van der Waals surface area contributed by atoms with Crippen LogP contribution >= 0.6 is 15.9 Å². The Balaban J connectivity index is 2.32. The highest BCUT2D eigenvalue weighted by Gasteiger charge is 2.11. The van der Waals surface area contributed by atoms with E-state index >= 15 is 0 Å². The molecule has 3 rings (SSSR count). The lowest BCUT2D eigenvalue weighted by Crippen LogP contribution is -2.00. The van der Waals surface area contributed by atoms with Crippen molar-refractivity contribution in [3.63, 3.8) is 0 Å². The van der Waals surface area contributed by atoms with Gasteiger partial charge in [0.1, 0.15) is 0 Å². The van der Waals surface area contributed by atoms with Gasteiger partial charge in [-0.3, -0.25) is 4.57 Å². The number of hydrogen-bond acceptors (Lipinski definition) is 3. The lowest BCUT2D eigenvalue weighted by molar-refractivity contribution is 1.10. The number of imidazole rings is 1. The fourth-order valence-electron chi connectivity index (χ4n) is 2.16. The molecule has 4 nitrogen and oxygen atoms in total. The lowest BCUT2D eigenvalue weighted by Gasteiger charge is -2.08. The topological polar surface area (TPSA) is 67.6 Å². The maximum atomic E-state index is 9.03. The van der Waals surface area contributed by atoms with Gasteiger partial charge in [-0.1, -0.05) is 22.0 Å². The Kier molecular flexibility index (Phi) is 2.96. The van der Waals surface area contributed by atoms with Crippen LogP contribution in [0.5, 0.6) is 0 Å². The fourth-order valence-corrected chi connectivity index (χ4v) is 2.52. The number of halogens is 1. The Morgan fingerprint density at radius 2 is 2.05 bits per heavy atom. The molecule has 98 valence electrons. The molecule has 20 heavy (non-hydrogen) atoms. The van der Waals surface area contributed by atoms with E-state index in [0.29, 0.717) is 11.5 Å². The van der Waals surface area contributed by atoms with Gasteiger partial charge in [-0.25, -0.2) is 4.98 Å². The highest BCUT2D eigenvalue weighted by molar-refractivity contribution is 9.10. The summed E-state index contributed by atoms with van der Waals surface area (Å²) in [5, 5.41) is 9.03. The SMILES string of the molecule is Cc1ccc(-n2c(N)nc3ccc(C#N)cc32)cc1Br. The fraction of sp³-hybridized carbons (Fsp3) is 0.0667. The van der Waals surface area contributed by atoms with E-state index < -0.39 is 0 Å². The summed E-state index contributed by atoms with van der Waals surface area (Å²) in [6.45, 7) is 2.02. The van der Waals surface area contributed by atoms with Crippen LogP contribution < -0.4 is 5.73 Å². The summed E-state index contributed by atoms with van der Waals surface area (Å²) in [5.74, 6) is 0.408. The summed E-state index contributed by atoms with van der Waals surface area (Å²) in [6.07, 6.45) is 0. The number of benzene rings is 2. The number of hydrogen-bond donors (Lipinski definition) is 1. The van der Waals surface area contributed by atoms with Crippen molar-refractivity contribution in [2.45, 2.75) is 6.92 Å². The predicted octanol–water partition coefficient (Wildman–Crippen LogP) is 3.55. The zero-order valence-electron chi connectivity index (χ0n) is 10.8. The molecule has 0 amide bonds. The van der Waals surface area contributed by atoms with Crippen molar-refractivity contribution in [3.8, 4) is 11.8 Å². The first-order valence-electron chi connectivity index (χ1n) is 6.05. The summed E-state index contributed by atoms with van der Waals surface area (Å²) >= 11 is 3.52. The Bertz CT molecular complexity index is 858. The van der Waals surface area contributed by atoms with E-state index in [-0.39, 0.29) is 0 Å². The van der Waals surface area contributed by atoms with Crippen LogP contribution in [0.1, 0.15) is 11.1 Å². The molecule has 1 heterocycles. The molecule has 0 aliphatic heterocycles. The molecule has 0 saturated carbocycles. The molecule has 0 unspecified atom stereocenters. The second-order valence-corrected chi connectivity index (χ2v) is 5.41. The van der Waals surface area contributed by atoms with Crippen LogP contribution in [0.2, 0.25) is 0 Å². The molecule has 2 aromatic carbocycles. The molecule has 1 aromatic heterocycles. The Labute approximate surface area is 124 Å². The van der Waals surface area contributed by atoms with Crippen LogP contribution in [-0.2, 0) is 0 Å². The Morgan fingerprint density at radius 1 is 1.25 bits per heavy atom. The van der Waals surface area contributed by atoms with E-state index in [9.17, 15) is 0 Å². The average molecular weight is 327 g/mol. The van der Waals surface area contributed by atoms with E-state index in [0.717, 1.165) is 26.8 Å². The molecular weight excluding hydrogens is 316 g/mol. The highest BCUT2D eigenvalue weighted by atomic mass is 79.9. The number of nitrogens with two attached hydrogens (primary N) is 1. The molecule has 3 aromatic rings. The third-order valence-corrected chi connectivity index (χ3v) is 4.08. The first-order valence-corrected chi connectivity index (χ1v) is 6.84. The van der Waals surface area contributed by atoms with Crippen LogP contribution in [-0.4, -0.2) is 9.55 Å². The first-order chi connectivity index (χ1) is 9.60. The molecule has 0 fully saturated rings. The normalized spacial score (nSPS) is 10.7. The second kappa shape index (κ2) is 4.66. The maximum absolute atomic E-state index is 9.03. The zero-order valence-corrected chi connectivity index (χ0v) is 12.3. The molecule has 0 aliphatic carbocycles. The summed E-state index contributed by atoms with van der Waals surface area (Å²) in [7, 11) is 0. The average Bonchev–Trinajstić information content (AvgIpc) is 2.77. The van der Waals surface area contributed by atoms with Gasteiger partial charge >= 0.3 is 0 Å². The van der Waals surface area contributed by atoms with Gasteiger partial charge in [-0.2, -0.15) is 5.26 Å².